The van der Waals surface area contributed by atoms with E-state index in [1.54, 1.807) is 60.8 Å². The fourth-order valence-corrected chi connectivity index (χ4v) is 5.62. The molecule has 0 aliphatic rings. The molecule has 0 aliphatic heterocycles. The quantitative estimate of drug-likeness (QED) is 0.340. The molecule has 1 amide bonds. The van der Waals surface area contributed by atoms with Gasteiger partial charge in [-0.05, 0) is 24.3 Å². The largest absolute Gasteiger partial charge is 0.393 e. The summed E-state index contributed by atoms with van der Waals surface area (Å²) >= 11 is 0. The highest BCUT2D eigenvalue weighted by Gasteiger charge is 2.23. The van der Waals surface area contributed by atoms with Gasteiger partial charge in [0.15, 0.2) is 0 Å². The van der Waals surface area contributed by atoms with Crippen molar-refractivity contribution in [2.75, 3.05) is 5.73 Å². The predicted octanol–water partition coefficient (Wildman–Crippen LogP) is 2.40. The fraction of sp³-hybridized carbons (Fsp3) is 0.0769. The van der Waals surface area contributed by atoms with E-state index in [2.05, 4.69) is 15.3 Å². The van der Waals surface area contributed by atoms with Gasteiger partial charge in [0.1, 0.15) is 18.1 Å². The highest BCUT2D eigenvalue weighted by atomic mass is 32.2. The van der Waals surface area contributed by atoms with Crippen LogP contribution in [0, 0.1) is 0 Å². The van der Waals surface area contributed by atoms with E-state index in [4.69, 9.17) is 5.73 Å². The van der Waals surface area contributed by atoms with Gasteiger partial charge in [0.2, 0.25) is 5.91 Å². The van der Waals surface area contributed by atoms with E-state index < -0.39 is 21.5 Å². The maximum Gasteiger partial charge on any atom is 0.277 e. The standard InChI is InChI=1S/C26H22N6O4S/c27-22-16-30-25(18-7-3-1-4-8-18)31(26(22)34)17-24(33)29-15-20-13-19-14-28-12-11-23(19)32(20)37(35,36)21-9-5-2-6-10-21/h1-14,16H,15,17,27H2,(H,29,33). The number of nitrogen functional groups attached to an aromatic ring is 1. The van der Waals surface area contributed by atoms with Crippen molar-refractivity contribution in [1.29, 1.82) is 0 Å². The molecule has 0 saturated heterocycles. The minimum Gasteiger partial charge on any atom is -0.393 e. The molecule has 0 spiro atoms. The Kier molecular flexibility index (Phi) is 6.28. The molecule has 2 aromatic carbocycles. The molecule has 5 aromatic rings. The maximum absolute atomic E-state index is 13.5. The lowest BCUT2D eigenvalue weighted by Crippen LogP contribution is -2.34. The summed E-state index contributed by atoms with van der Waals surface area (Å²) < 4.78 is 29.4. The molecule has 186 valence electrons. The van der Waals surface area contributed by atoms with E-state index in [0.717, 1.165) is 0 Å². The van der Waals surface area contributed by atoms with Gasteiger partial charge in [-0.25, -0.2) is 17.4 Å². The third-order valence-electron chi connectivity index (χ3n) is 5.79. The number of hydrogen-bond donors (Lipinski definition) is 2. The maximum atomic E-state index is 13.5. The Labute approximate surface area is 212 Å². The van der Waals surface area contributed by atoms with Crippen molar-refractivity contribution in [2.45, 2.75) is 18.0 Å². The van der Waals surface area contributed by atoms with E-state index in [1.165, 1.54) is 33.1 Å². The molecule has 0 aliphatic carbocycles. The van der Waals surface area contributed by atoms with E-state index >= 15 is 0 Å². The van der Waals surface area contributed by atoms with Gasteiger partial charge in [-0.1, -0.05) is 48.5 Å². The Bertz CT molecular complexity index is 1760. The first-order valence-electron chi connectivity index (χ1n) is 11.3. The molecule has 5 rings (SSSR count). The number of fused-ring (bicyclic) bond motifs is 1. The Morgan fingerprint density at radius 2 is 1.68 bits per heavy atom. The van der Waals surface area contributed by atoms with Gasteiger partial charge >= 0.3 is 0 Å². The van der Waals surface area contributed by atoms with Gasteiger partial charge in [-0.3, -0.25) is 19.1 Å². The fourth-order valence-electron chi connectivity index (χ4n) is 4.05. The lowest BCUT2D eigenvalue weighted by molar-refractivity contribution is -0.121. The number of carbonyl (C=O) groups excluding carboxylic acids is 1. The third-order valence-corrected chi connectivity index (χ3v) is 7.56. The van der Waals surface area contributed by atoms with Gasteiger partial charge in [-0.2, -0.15) is 0 Å². The first-order valence-corrected chi connectivity index (χ1v) is 12.7. The van der Waals surface area contributed by atoms with E-state index in [9.17, 15) is 18.0 Å². The summed E-state index contributed by atoms with van der Waals surface area (Å²) in [6.45, 7) is -0.459. The number of pyridine rings is 1. The van der Waals surface area contributed by atoms with E-state index in [0.29, 0.717) is 28.0 Å². The summed E-state index contributed by atoms with van der Waals surface area (Å²) in [6, 6.07) is 20.3. The average molecular weight is 515 g/mol. The second-order valence-corrected chi connectivity index (χ2v) is 10.0. The summed E-state index contributed by atoms with van der Waals surface area (Å²) in [5.74, 6) is -0.222. The Morgan fingerprint density at radius 1 is 0.973 bits per heavy atom. The van der Waals surface area contributed by atoms with Crippen LogP contribution in [0.2, 0.25) is 0 Å². The molecule has 0 saturated carbocycles. The van der Waals surface area contributed by atoms with Gasteiger partial charge < -0.3 is 11.1 Å². The Balaban J connectivity index is 1.46. The van der Waals surface area contributed by atoms with Gasteiger partial charge in [-0.15, -0.1) is 0 Å². The van der Waals surface area contributed by atoms with Crippen molar-refractivity contribution in [3.05, 3.63) is 107 Å². The number of hydrogen-bond acceptors (Lipinski definition) is 7. The molecule has 37 heavy (non-hydrogen) atoms. The molecule has 3 N–H and O–H groups in total. The number of amides is 1. The smallest absolute Gasteiger partial charge is 0.277 e. The molecule has 11 heteroatoms. The van der Waals surface area contributed by atoms with Crippen molar-refractivity contribution in [1.82, 2.24) is 23.8 Å². The monoisotopic (exact) mass is 514 g/mol. The summed E-state index contributed by atoms with van der Waals surface area (Å²) in [5, 5.41) is 3.33. The van der Waals surface area contributed by atoms with Crippen LogP contribution < -0.4 is 16.6 Å². The molecule has 0 radical (unpaired) electrons. The zero-order chi connectivity index (χ0) is 26.0. The Morgan fingerprint density at radius 3 is 2.41 bits per heavy atom. The number of rotatable bonds is 7. The Hall–Kier alpha value is -4.77. The van der Waals surface area contributed by atoms with Crippen molar-refractivity contribution >= 4 is 32.5 Å². The molecule has 3 heterocycles. The number of aromatic nitrogens is 4. The van der Waals surface area contributed by atoms with Crippen LogP contribution in [0.1, 0.15) is 5.69 Å². The molecule has 0 unspecified atom stereocenters. The van der Waals surface area contributed by atoms with Crippen LogP contribution in [0.5, 0.6) is 0 Å². The summed E-state index contributed by atoms with van der Waals surface area (Å²) in [6.07, 6.45) is 4.33. The van der Waals surface area contributed by atoms with Crippen LogP contribution in [0.4, 0.5) is 5.69 Å². The highest BCUT2D eigenvalue weighted by molar-refractivity contribution is 7.90. The van der Waals surface area contributed by atoms with Crippen molar-refractivity contribution < 1.29 is 13.2 Å². The molecular formula is C26H22N6O4S. The SMILES string of the molecule is Nc1cnc(-c2ccccc2)n(CC(=O)NCc2cc3cnccc3n2S(=O)(=O)c2ccccc2)c1=O. The van der Waals surface area contributed by atoms with Gasteiger partial charge in [0, 0.05) is 23.3 Å². The van der Waals surface area contributed by atoms with Crippen LogP contribution in [0.25, 0.3) is 22.3 Å². The molecule has 0 fully saturated rings. The van der Waals surface area contributed by atoms with Crippen LogP contribution in [0.3, 0.4) is 0 Å². The van der Waals surface area contributed by atoms with Crippen LogP contribution in [0.15, 0.2) is 101 Å². The highest BCUT2D eigenvalue weighted by Crippen LogP contribution is 2.25. The minimum absolute atomic E-state index is 0.0888. The number of anilines is 1. The summed E-state index contributed by atoms with van der Waals surface area (Å²) in [7, 11) is -3.96. The van der Waals surface area contributed by atoms with Crippen molar-refractivity contribution in [3.63, 3.8) is 0 Å². The topological polar surface area (TPSA) is 142 Å². The van der Waals surface area contributed by atoms with Crippen LogP contribution in [-0.2, 0) is 27.9 Å². The summed E-state index contributed by atoms with van der Waals surface area (Å²) in [5.41, 5.74) is 6.55. The normalized spacial score (nSPS) is 11.5. The first-order chi connectivity index (χ1) is 17.9. The minimum atomic E-state index is -3.96. The van der Waals surface area contributed by atoms with Crippen LogP contribution >= 0.6 is 0 Å². The average Bonchev–Trinajstić information content (AvgIpc) is 3.30. The molecular weight excluding hydrogens is 492 g/mol. The summed E-state index contributed by atoms with van der Waals surface area (Å²) in [4.78, 5) is 34.2. The zero-order valence-corrected chi connectivity index (χ0v) is 20.3. The van der Waals surface area contributed by atoms with Gasteiger partial charge in [0.05, 0.1) is 28.8 Å². The lowest BCUT2D eigenvalue weighted by Gasteiger charge is -2.14. The van der Waals surface area contributed by atoms with E-state index in [-0.39, 0.29) is 23.7 Å². The van der Waals surface area contributed by atoms with Crippen molar-refractivity contribution in [2.24, 2.45) is 0 Å². The van der Waals surface area contributed by atoms with Gasteiger partial charge in [0.25, 0.3) is 15.6 Å². The lowest BCUT2D eigenvalue weighted by atomic mass is 10.2. The molecule has 10 nitrogen and oxygen atoms in total. The van der Waals surface area contributed by atoms with Crippen molar-refractivity contribution in [3.8, 4) is 11.4 Å². The predicted molar refractivity (Wildman–Crippen MR) is 139 cm³/mol. The third kappa shape index (κ3) is 4.59. The number of carbonyl (C=O) groups is 1. The number of nitrogens with one attached hydrogen (secondary N) is 1. The number of nitrogens with zero attached hydrogens (tertiary/aromatic N) is 4. The molecule has 0 atom stereocenters. The van der Waals surface area contributed by atoms with E-state index in [1.807, 2.05) is 6.07 Å². The van der Waals surface area contributed by atoms with Crippen LogP contribution in [-0.4, -0.2) is 32.8 Å². The first kappa shape index (κ1) is 23.9. The zero-order valence-electron chi connectivity index (χ0n) is 19.5. The molecule has 3 aromatic heterocycles. The second-order valence-electron chi connectivity index (χ2n) is 8.22. The molecule has 0 bridgehead atoms. The number of benzene rings is 2. The second kappa shape index (κ2) is 9.70. The number of nitrogens with two attached hydrogens (primary N) is 1.